The van der Waals surface area contributed by atoms with Crippen molar-refractivity contribution in [3.63, 3.8) is 0 Å². The molecule has 3 nitrogen and oxygen atoms in total. The molecule has 2 aliphatic rings. The Kier molecular flexibility index (Phi) is 4.53. The molecular weight excluding hydrogens is 272 g/mol. The topological polar surface area (TPSA) is 41.1 Å². The second-order valence-corrected chi connectivity index (χ2v) is 7.24. The van der Waals surface area contributed by atoms with Crippen LogP contribution in [0.5, 0.6) is 0 Å². The zero-order valence-electron chi connectivity index (χ0n) is 14.0. The van der Waals surface area contributed by atoms with Crippen molar-refractivity contribution in [2.45, 2.75) is 58.4 Å². The van der Waals surface area contributed by atoms with Gasteiger partial charge in [0.2, 0.25) is 0 Å². The number of Topliss-reactive ketones (excluding diaryl/α,β-unsaturated/α-hetero) is 1. The first-order valence-electron chi connectivity index (χ1n) is 8.76. The molecule has 0 radical (unpaired) electrons. The molecule has 3 heteroatoms. The molecule has 120 valence electrons. The molecule has 2 unspecified atom stereocenters. The molecule has 1 aromatic rings. The lowest BCUT2D eigenvalue weighted by Crippen LogP contribution is -2.37. The van der Waals surface area contributed by atoms with Crippen LogP contribution in [0.3, 0.4) is 0 Å². The van der Waals surface area contributed by atoms with E-state index in [2.05, 4.69) is 43.5 Å². The van der Waals surface area contributed by atoms with Crippen LogP contribution in [-0.2, 0) is 6.42 Å². The summed E-state index contributed by atoms with van der Waals surface area (Å²) in [4.78, 5) is 12.6. The molecule has 0 aromatic heterocycles. The average Bonchev–Trinajstić information content (AvgIpc) is 2.89. The standard InChI is InChI=1S/C19H28N2O/c1-4-7-20-14-9-13-11-21-17-6-5-15(16(10-14)19(13)17)18(22)8-12(2)3/h5-6,12-14,20-21H,4,7-11H2,1-3H3. The minimum atomic E-state index is 0.314. The zero-order chi connectivity index (χ0) is 15.7. The third kappa shape index (κ3) is 2.91. The lowest BCUT2D eigenvalue weighted by Gasteiger charge is -2.30. The number of hydrogen-bond donors (Lipinski definition) is 2. The minimum absolute atomic E-state index is 0.314. The smallest absolute Gasteiger partial charge is 0.163 e. The van der Waals surface area contributed by atoms with Crippen molar-refractivity contribution in [1.82, 2.24) is 5.32 Å². The monoisotopic (exact) mass is 300 g/mol. The molecule has 3 rings (SSSR count). The summed E-state index contributed by atoms with van der Waals surface area (Å²) in [7, 11) is 0. The van der Waals surface area contributed by atoms with Gasteiger partial charge in [0, 0.05) is 36.2 Å². The van der Waals surface area contributed by atoms with Crippen LogP contribution in [0.4, 0.5) is 5.69 Å². The molecular formula is C19H28N2O. The number of carbonyl (C=O) groups is 1. The zero-order valence-corrected chi connectivity index (χ0v) is 14.0. The van der Waals surface area contributed by atoms with Gasteiger partial charge in [-0.25, -0.2) is 0 Å². The van der Waals surface area contributed by atoms with Crippen LogP contribution in [-0.4, -0.2) is 24.9 Å². The number of nitrogens with one attached hydrogen (secondary N) is 2. The van der Waals surface area contributed by atoms with Gasteiger partial charge in [0.25, 0.3) is 0 Å². The molecule has 0 saturated carbocycles. The number of rotatable bonds is 6. The van der Waals surface area contributed by atoms with Crippen LogP contribution in [0.1, 0.15) is 67.4 Å². The fourth-order valence-corrected chi connectivity index (χ4v) is 3.96. The highest BCUT2D eigenvalue weighted by molar-refractivity contribution is 5.99. The van der Waals surface area contributed by atoms with Crippen molar-refractivity contribution in [2.24, 2.45) is 5.92 Å². The van der Waals surface area contributed by atoms with Gasteiger partial charge in [-0.15, -0.1) is 0 Å². The van der Waals surface area contributed by atoms with Gasteiger partial charge in [0.15, 0.2) is 5.78 Å². The minimum Gasteiger partial charge on any atom is -0.384 e. The molecule has 0 spiro atoms. The van der Waals surface area contributed by atoms with Gasteiger partial charge < -0.3 is 10.6 Å². The quantitative estimate of drug-likeness (QED) is 0.786. The van der Waals surface area contributed by atoms with Gasteiger partial charge in [0.1, 0.15) is 0 Å². The van der Waals surface area contributed by atoms with Crippen LogP contribution in [0.15, 0.2) is 12.1 Å². The molecule has 1 aliphatic carbocycles. The first-order chi connectivity index (χ1) is 10.6. The summed E-state index contributed by atoms with van der Waals surface area (Å²) in [5.41, 5.74) is 4.99. The summed E-state index contributed by atoms with van der Waals surface area (Å²) in [6.45, 7) is 8.53. The largest absolute Gasteiger partial charge is 0.384 e. The Morgan fingerprint density at radius 2 is 2.23 bits per heavy atom. The number of benzene rings is 1. The van der Waals surface area contributed by atoms with E-state index in [4.69, 9.17) is 0 Å². The van der Waals surface area contributed by atoms with E-state index in [0.717, 1.165) is 31.5 Å². The molecule has 2 atom stereocenters. The summed E-state index contributed by atoms with van der Waals surface area (Å²) < 4.78 is 0. The van der Waals surface area contributed by atoms with Crippen molar-refractivity contribution in [2.75, 3.05) is 18.4 Å². The van der Waals surface area contributed by atoms with Crippen molar-refractivity contribution in [3.05, 3.63) is 28.8 Å². The lowest BCUT2D eigenvalue weighted by atomic mass is 9.78. The number of carbonyl (C=O) groups excluding carboxylic acids is 1. The van der Waals surface area contributed by atoms with E-state index in [-0.39, 0.29) is 0 Å². The predicted molar refractivity (Wildman–Crippen MR) is 91.9 cm³/mol. The third-order valence-corrected chi connectivity index (χ3v) is 4.90. The maximum absolute atomic E-state index is 12.6. The molecule has 0 fully saturated rings. The second-order valence-electron chi connectivity index (χ2n) is 7.24. The van der Waals surface area contributed by atoms with E-state index in [1.807, 2.05) is 0 Å². The number of hydrogen-bond acceptors (Lipinski definition) is 3. The molecule has 0 bridgehead atoms. The Morgan fingerprint density at radius 3 is 2.95 bits per heavy atom. The summed E-state index contributed by atoms with van der Waals surface area (Å²) in [5, 5.41) is 7.19. The SMILES string of the molecule is CCCNC1Cc2c(C(=O)CC(C)C)ccc3c2C(CN3)C1. The molecule has 0 saturated heterocycles. The molecule has 1 aromatic carbocycles. The van der Waals surface area contributed by atoms with Crippen molar-refractivity contribution >= 4 is 11.5 Å². The van der Waals surface area contributed by atoms with E-state index in [9.17, 15) is 4.79 Å². The van der Waals surface area contributed by atoms with E-state index in [1.165, 1.54) is 23.2 Å². The fraction of sp³-hybridized carbons (Fsp3) is 0.632. The third-order valence-electron chi connectivity index (χ3n) is 4.90. The van der Waals surface area contributed by atoms with Gasteiger partial charge in [-0.1, -0.05) is 20.8 Å². The van der Waals surface area contributed by atoms with E-state index < -0.39 is 0 Å². The van der Waals surface area contributed by atoms with Gasteiger partial charge in [0.05, 0.1) is 0 Å². The maximum Gasteiger partial charge on any atom is 0.163 e. The summed E-state index contributed by atoms with van der Waals surface area (Å²) in [5.74, 6) is 1.30. The number of ketones is 1. The van der Waals surface area contributed by atoms with E-state index >= 15 is 0 Å². The van der Waals surface area contributed by atoms with Gasteiger partial charge in [-0.2, -0.15) is 0 Å². The average molecular weight is 300 g/mol. The van der Waals surface area contributed by atoms with E-state index in [1.54, 1.807) is 0 Å². The van der Waals surface area contributed by atoms with Crippen molar-refractivity contribution in [3.8, 4) is 0 Å². The first kappa shape index (κ1) is 15.5. The summed E-state index contributed by atoms with van der Waals surface area (Å²) >= 11 is 0. The van der Waals surface area contributed by atoms with Gasteiger partial charge in [-0.05, 0) is 55.0 Å². The van der Waals surface area contributed by atoms with Crippen LogP contribution in [0.2, 0.25) is 0 Å². The second kappa shape index (κ2) is 6.41. The molecule has 2 N–H and O–H groups in total. The molecule has 1 aliphatic heterocycles. The predicted octanol–water partition coefficient (Wildman–Crippen LogP) is 3.74. The highest BCUT2D eigenvalue weighted by atomic mass is 16.1. The van der Waals surface area contributed by atoms with Crippen LogP contribution >= 0.6 is 0 Å². The van der Waals surface area contributed by atoms with Gasteiger partial charge >= 0.3 is 0 Å². The molecule has 0 amide bonds. The highest BCUT2D eigenvalue weighted by Gasteiger charge is 2.34. The maximum atomic E-state index is 12.6. The normalized spacial score (nSPS) is 22.5. The molecule has 22 heavy (non-hydrogen) atoms. The Labute approximate surface area is 133 Å². The lowest BCUT2D eigenvalue weighted by molar-refractivity contribution is 0.0966. The summed E-state index contributed by atoms with van der Waals surface area (Å²) in [6, 6.07) is 4.68. The van der Waals surface area contributed by atoms with Crippen LogP contribution in [0, 0.1) is 5.92 Å². The fourth-order valence-electron chi connectivity index (χ4n) is 3.96. The van der Waals surface area contributed by atoms with Crippen molar-refractivity contribution in [1.29, 1.82) is 0 Å². The van der Waals surface area contributed by atoms with Crippen LogP contribution < -0.4 is 10.6 Å². The first-order valence-corrected chi connectivity index (χ1v) is 8.76. The highest BCUT2D eigenvalue weighted by Crippen LogP contribution is 2.43. The van der Waals surface area contributed by atoms with Crippen LogP contribution in [0.25, 0.3) is 0 Å². The Balaban J connectivity index is 1.92. The summed E-state index contributed by atoms with van der Waals surface area (Å²) in [6.07, 6.45) is 4.00. The molecule has 1 heterocycles. The van der Waals surface area contributed by atoms with Crippen molar-refractivity contribution < 1.29 is 4.79 Å². The van der Waals surface area contributed by atoms with Gasteiger partial charge in [-0.3, -0.25) is 4.79 Å². The Hall–Kier alpha value is -1.35. The Morgan fingerprint density at radius 1 is 1.41 bits per heavy atom. The number of anilines is 1. The van der Waals surface area contributed by atoms with E-state index in [0.29, 0.717) is 30.1 Å². The Bertz CT molecular complexity index is 565.